The Labute approximate surface area is 143 Å². The Kier molecular flexibility index (Phi) is 4.77. The number of aromatic amines is 1. The number of rotatable bonds is 4. The lowest BCUT2D eigenvalue weighted by molar-refractivity contribution is -0.116. The lowest BCUT2D eigenvalue weighted by atomic mass is 10.1. The van der Waals surface area contributed by atoms with E-state index in [-0.39, 0.29) is 18.0 Å². The number of para-hydroxylation sites is 1. The second kappa shape index (κ2) is 7.15. The minimum Gasteiger partial charge on any atom is -0.348 e. The fraction of sp³-hybridized carbons (Fsp3) is 0.0526. The quantitative estimate of drug-likeness (QED) is 0.715. The molecule has 0 fully saturated rings. The maximum Gasteiger partial charge on any atom is 0.248 e. The molecule has 1 heterocycles. The van der Waals surface area contributed by atoms with Crippen LogP contribution in [0.5, 0.6) is 0 Å². The molecule has 0 radical (unpaired) electrons. The molecule has 0 bridgehead atoms. The molecule has 0 spiro atoms. The van der Waals surface area contributed by atoms with Crippen molar-refractivity contribution in [2.45, 2.75) is 6.54 Å². The van der Waals surface area contributed by atoms with Crippen molar-refractivity contribution in [2.75, 3.05) is 0 Å². The van der Waals surface area contributed by atoms with Gasteiger partial charge < -0.3 is 10.3 Å². The summed E-state index contributed by atoms with van der Waals surface area (Å²) in [5, 5.41) is 4.32. The second-order valence-electron chi connectivity index (χ2n) is 5.31. The lowest BCUT2D eigenvalue weighted by Crippen LogP contribution is -2.21. The highest BCUT2D eigenvalue weighted by atomic mass is 35.5. The van der Waals surface area contributed by atoms with Crippen molar-refractivity contribution in [3.05, 3.63) is 87.2 Å². The summed E-state index contributed by atoms with van der Waals surface area (Å²) >= 11 is 5.90. The first-order valence-corrected chi connectivity index (χ1v) is 7.82. The van der Waals surface area contributed by atoms with Crippen LogP contribution in [0, 0.1) is 0 Å². The predicted molar refractivity (Wildman–Crippen MR) is 96.9 cm³/mol. The Balaban J connectivity index is 1.72. The summed E-state index contributed by atoms with van der Waals surface area (Å²) < 4.78 is 0. The van der Waals surface area contributed by atoms with Crippen LogP contribution >= 0.6 is 11.6 Å². The molecule has 0 aliphatic rings. The van der Waals surface area contributed by atoms with Gasteiger partial charge in [-0.3, -0.25) is 9.59 Å². The van der Waals surface area contributed by atoms with E-state index in [9.17, 15) is 9.59 Å². The number of aromatic nitrogens is 1. The molecule has 0 unspecified atom stereocenters. The minimum absolute atomic E-state index is 0.188. The van der Waals surface area contributed by atoms with Crippen molar-refractivity contribution in [3.8, 4) is 0 Å². The molecule has 24 heavy (non-hydrogen) atoms. The van der Waals surface area contributed by atoms with Crippen LogP contribution in [0.4, 0.5) is 0 Å². The highest BCUT2D eigenvalue weighted by molar-refractivity contribution is 6.30. The van der Waals surface area contributed by atoms with Crippen LogP contribution in [0.3, 0.4) is 0 Å². The molecule has 1 amide bonds. The molecule has 2 aromatic carbocycles. The van der Waals surface area contributed by atoms with Gasteiger partial charge in [-0.25, -0.2) is 0 Å². The van der Waals surface area contributed by atoms with Crippen LogP contribution in [-0.4, -0.2) is 10.9 Å². The number of hydrogen-bond donors (Lipinski definition) is 2. The smallest absolute Gasteiger partial charge is 0.248 e. The SMILES string of the molecule is O=C(C=Cc1cccc(Cl)c1)NCc1cc(=O)[nH]c2ccccc12. The Bertz CT molecular complexity index is 976. The highest BCUT2D eigenvalue weighted by Crippen LogP contribution is 2.14. The van der Waals surface area contributed by atoms with E-state index >= 15 is 0 Å². The fourth-order valence-corrected chi connectivity index (χ4v) is 2.65. The molecule has 3 aromatic rings. The molecule has 0 aliphatic heterocycles. The van der Waals surface area contributed by atoms with Gasteiger partial charge in [0.15, 0.2) is 0 Å². The summed E-state index contributed by atoms with van der Waals surface area (Å²) in [7, 11) is 0. The Hall–Kier alpha value is -2.85. The summed E-state index contributed by atoms with van der Waals surface area (Å²) in [5.41, 5.74) is 2.19. The van der Waals surface area contributed by atoms with Crippen molar-refractivity contribution < 1.29 is 4.79 Å². The van der Waals surface area contributed by atoms with E-state index < -0.39 is 0 Å². The van der Waals surface area contributed by atoms with Gasteiger partial charge in [0.1, 0.15) is 0 Å². The predicted octanol–water partition coefficient (Wildman–Crippen LogP) is 3.51. The van der Waals surface area contributed by atoms with Gasteiger partial charge in [-0.05, 0) is 35.4 Å². The molecule has 120 valence electrons. The van der Waals surface area contributed by atoms with Crippen LogP contribution in [0.15, 0.2) is 65.5 Å². The lowest BCUT2D eigenvalue weighted by Gasteiger charge is -2.06. The largest absolute Gasteiger partial charge is 0.348 e. The molecule has 0 aliphatic carbocycles. The normalized spacial score (nSPS) is 11.0. The molecular formula is C19H15ClN2O2. The summed E-state index contributed by atoms with van der Waals surface area (Å²) in [6.45, 7) is 0.281. The first-order chi connectivity index (χ1) is 11.6. The number of benzene rings is 2. The zero-order valence-corrected chi connectivity index (χ0v) is 13.5. The summed E-state index contributed by atoms with van der Waals surface area (Å²) in [5.74, 6) is -0.237. The van der Waals surface area contributed by atoms with Gasteiger partial charge in [-0.1, -0.05) is 41.9 Å². The molecule has 2 N–H and O–H groups in total. The van der Waals surface area contributed by atoms with Gasteiger partial charge >= 0.3 is 0 Å². The molecule has 1 aromatic heterocycles. The monoisotopic (exact) mass is 338 g/mol. The van der Waals surface area contributed by atoms with E-state index in [1.807, 2.05) is 36.4 Å². The average Bonchev–Trinajstić information content (AvgIpc) is 2.57. The number of fused-ring (bicyclic) bond motifs is 1. The minimum atomic E-state index is -0.237. The van der Waals surface area contributed by atoms with Crippen LogP contribution in [-0.2, 0) is 11.3 Å². The van der Waals surface area contributed by atoms with Crippen molar-refractivity contribution in [1.29, 1.82) is 0 Å². The Morgan fingerprint density at radius 2 is 1.96 bits per heavy atom. The number of carbonyl (C=O) groups excluding carboxylic acids is 1. The topological polar surface area (TPSA) is 62.0 Å². The number of H-pyrrole nitrogens is 1. The summed E-state index contributed by atoms with van der Waals surface area (Å²) in [6, 6.07) is 16.2. The van der Waals surface area contributed by atoms with E-state index in [2.05, 4.69) is 10.3 Å². The van der Waals surface area contributed by atoms with Crippen LogP contribution in [0.1, 0.15) is 11.1 Å². The molecule has 0 saturated heterocycles. The molecule has 5 heteroatoms. The zero-order valence-electron chi connectivity index (χ0n) is 12.8. The van der Waals surface area contributed by atoms with E-state index in [4.69, 9.17) is 11.6 Å². The van der Waals surface area contributed by atoms with Crippen LogP contribution < -0.4 is 10.9 Å². The van der Waals surface area contributed by atoms with Gasteiger partial charge in [0.05, 0.1) is 0 Å². The molecule has 3 rings (SSSR count). The first-order valence-electron chi connectivity index (χ1n) is 7.44. The molecular weight excluding hydrogens is 324 g/mol. The third-order valence-electron chi connectivity index (χ3n) is 3.57. The third-order valence-corrected chi connectivity index (χ3v) is 3.80. The number of pyridine rings is 1. The van der Waals surface area contributed by atoms with E-state index in [0.29, 0.717) is 5.02 Å². The van der Waals surface area contributed by atoms with Crippen LogP contribution in [0.25, 0.3) is 17.0 Å². The highest BCUT2D eigenvalue weighted by Gasteiger charge is 2.04. The third kappa shape index (κ3) is 3.91. The number of halogens is 1. The van der Waals surface area contributed by atoms with Gasteiger partial charge in [0.2, 0.25) is 11.5 Å². The van der Waals surface area contributed by atoms with Gasteiger partial charge in [-0.15, -0.1) is 0 Å². The van der Waals surface area contributed by atoms with Crippen LogP contribution in [0.2, 0.25) is 5.02 Å². The van der Waals surface area contributed by atoms with Crippen molar-refractivity contribution in [3.63, 3.8) is 0 Å². The van der Waals surface area contributed by atoms with Gasteiger partial charge in [0.25, 0.3) is 0 Å². The standard InChI is InChI=1S/C19H15ClN2O2/c20-15-5-3-4-13(10-15)8-9-18(23)21-12-14-11-19(24)22-17-7-2-1-6-16(14)17/h1-11H,12H2,(H,21,23)(H,22,24). The van der Waals surface area contributed by atoms with Crippen molar-refractivity contribution in [2.24, 2.45) is 0 Å². The second-order valence-corrected chi connectivity index (χ2v) is 5.75. The van der Waals surface area contributed by atoms with E-state index in [1.54, 1.807) is 18.2 Å². The Morgan fingerprint density at radius 1 is 1.12 bits per heavy atom. The number of amides is 1. The number of carbonyl (C=O) groups is 1. The maximum atomic E-state index is 12.0. The van der Waals surface area contributed by atoms with Gasteiger partial charge in [-0.2, -0.15) is 0 Å². The fourth-order valence-electron chi connectivity index (χ4n) is 2.45. The zero-order chi connectivity index (χ0) is 16.9. The summed E-state index contributed by atoms with van der Waals surface area (Å²) in [4.78, 5) is 26.5. The maximum absolute atomic E-state index is 12.0. The van der Waals surface area contributed by atoms with Crippen molar-refractivity contribution >= 4 is 34.5 Å². The Morgan fingerprint density at radius 3 is 2.79 bits per heavy atom. The average molecular weight is 339 g/mol. The number of hydrogen-bond acceptors (Lipinski definition) is 2. The van der Waals surface area contributed by atoms with Gasteiger partial charge in [0, 0.05) is 34.6 Å². The first kappa shape index (κ1) is 16.0. The molecule has 0 atom stereocenters. The van der Waals surface area contributed by atoms with E-state index in [1.165, 1.54) is 12.1 Å². The molecule has 0 saturated carbocycles. The van der Waals surface area contributed by atoms with Crippen molar-refractivity contribution in [1.82, 2.24) is 10.3 Å². The number of nitrogens with one attached hydrogen (secondary N) is 2. The van der Waals surface area contributed by atoms with E-state index in [0.717, 1.165) is 22.0 Å². The molecule has 4 nitrogen and oxygen atoms in total. The summed E-state index contributed by atoms with van der Waals surface area (Å²) in [6.07, 6.45) is 3.14.